The number of amides is 2. The first-order valence-corrected chi connectivity index (χ1v) is 14.2. The number of aromatic nitrogens is 2. The number of piperidine rings is 1. The van der Waals surface area contributed by atoms with E-state index in [-0.39, 0.29) is 18.0 Å². The molecular weight excluding hydrogens is 516 g/mol. The third kappa shape index (κ3) is 5.38. The number of anilines is 1. The Labute approximate surface area is 240 Å². The number of rotatable bonds is 6. The summed E-state index contributed by atoms with van der Waals surface area (Å²) in [7, 11) is 1.65. The highest BCUT2D eigenvalue weighted by Gasteiger charge is 2.31. The first kappa shape index (κ1) is 26.9. The minimum Gasteiger partial charge on any atom is -0.497 e. The van der Waals surface area contributed by atoms with Crippen LogP contribution in [-0.4, -0.2) is 52.5 Å². The molecule has 1 aromatic heterocycles. The molecule has 0 aliphatic carbocycles. The molecule has 6 rings (SSSR count). The van der Waals surface area contributed by atoms with Crippen molar-refractivity contribution >= 4 is 28.5 Å². The number of hydrogen-bond donors (Lipinski definition) is 0. The van der Waals surface area contributed by atoms with Gasteiger partial charge in [0.1, 0.15) is 11.4 Å². The van der Waals surface area contributed by atoms with Gasteiger partial charge in [0.2, 0.25) is 0 Å². The van der Waals surface area contributed by atoms with Gasteiger partial charge >= 0.3 is 6.09 Å². The maximum Gasteiger partial charge on any atom is 0.410 e. The SMILES string of the molecule is COc1ccc(CN2C(=O)c3cccc4c(Cc5cnn(C6CCN(C(=O)OC(C)(C)C)CC6)c5)ccc2c34)cc1. The van der Waals surface area contributed by atoms with Gasteiger partial charge < -0.3 is 19.3 Å². The first-order chi connectivity index (χ1) is 19.7. The zero-order valence-electron chi connectivity index (χ0n) is 24.1. The molecular formula is C33H36N4O4. The molecule has 212 valence electrons. The lowest BCUT2D eigenvalue weighted by Gasteiger charge is -2.33. The fourth-order valence-corrected chi connectivity index (χ4v) is 5.86. The molecule has 1 saturated heterocycles. The summed E-state index contributed by atoms with van der Waals surface area (Å²) in [6, 6.07) is 18.3. The Morgan fingerprint density at radius 3 is 2.46 bits per heavy atom. The second-order valence-electron chi connectivity index (χ2n) is 11.9. The molecule has 1 fully saturated rings. The van der Waals surface area contributed by atoms with Crippen molar-refractivity contribution in [3.8, 4) is 5.75 Å². The van der Waals surface area contributed by atoms with Crippen LogP contribution in [0.4, 0.5) is 10.5 Å². The molecule has 0 unspecified atom stereocenters. The van der Waals surface area contributed by atoms with Crippen LogP contribution in [0.1, 0.15) is 66.7 Å². The number of carbonyl (C=O) groups excluding carboxylic acids is 2. The molecule has 8 nitrogen and oxygen atoms in total. The van der Waals surface area contributed by atoms with Crippen molar-refractivity contribution in [2.24, 2.45) is 0 Å². The van der Waals surface area contributed by atoms with E-state index in [2.05, 4.69) is 29.5 Å². The van der Waals surface area contributed by atoms with E-state index in [0.717, 1.165) is 58.2 Å². The lowest BCUT2D eigenvalue weighted by atomic mass is 9.97. The van der Waals surface area contributed by atoms with Crippen molar-refractivity contribution in [3.05, 3.63) is 89.2 Å². The second-order valence-corrected chi connectivity index (χ2v) is 11.9. The summed E-state index contributed by atoms with van der Waals surface area (Å²) in [5.41, 5.74) is 4.56. The van der Waals surface area contributed by atoms with Crippen molar-refractivity contribution in [1.29, 1.82) is 0 Å². The van der Waals surface area contributed by atoms with E-state index in [4.69, 9.17) is 9.47 Å². The van der Waals surface area contributed by atoms with Crippen molar-refractivity contribution in [2.75, 3.05) is 25.1 Å². The molecule has 2 aliphatic heterocycles. The predicted octanol–water partition coefficient (Wildman–Crippen LogP) is 6.37. The Kier molecular flexibility index (Phi) is 6.93. The zero-order chi connectivity index (χ0) is 28.7. The predicted molar refractivity (Wildman–Crippen MR) is 159 cm³/mol. The van der Waals surface area contributed by atoms with Gasteiger partial charge in [-0.3, -0.25) is 9.48 Å². The van der Waals surface area contributed by atoms with Crippen LogP contribution in [0.25, 0.3) is 10.8 Å². The Hall–Kier alpha value is -4.33. The van der Waals surface area contributed by atoms with Gasteiger partial charge in [-0.1, -0.05) is 30.3 Å². The summed E-state index contributed by atoms with van der Waals surface area (Å²) < 4.78 is 12.9. The van der Waals surface area contributed by atoms with Crippen LogP contribution in [0.2, 0.25) is 0 Å². The number of ether oxygens (including phenoxy) is 2. The molecule has 41 heavy (non-hydrogen) atoms. The fourth-order valence-electron chi connectivity index (χ4n) is 5.86. The van der Waals surface area contributed by atoms with Crippen LogP contribution in [-0.2, 0) is 17.7 Å². The van der Waals surface area contributed by atoms with Gasteiger partial charge in [0.25, 0.3) is 5.91 Å². The molecule has 3 aromatic carbocycles. The van der Waals surface area contributed by atoms with Gasteiger partial charge in [-0.2, -0.15) is 5.10 Å². The average Bonchev–Trinajstić information content (AvgIpc) is 3.53. The first-order valence-electron chi connectivity index (χ1n) is 14.2. The third-order valence-electron chi connectivity index (χ3n) is 7.91. The molecule has 0 spiro atoms. The maximum absolute atomic E-state index is 13.4. The highest BCUT2D eigenvalue weighted by atomic mass is 16.6. The Morgan fingerprint density at radius 1 is 1.00 bits per heavy atom. The Bertz CT molecular complexity index is 1590. The minimum atomic E-state index is -0.491. The summed E-state index contributed by atoms with van der Waals surface area (Å²) in [6.07, 6.45) is 6.22. The molecule has 0 atom stereocenters. The Balaban J connectivity index is 1.17. The molecule has 3 heterocycles. The normalized spacial score (nSPS) is 15.6. The van der Waals surface area contributed by atoms with E-state index < -0.39 is 5.60 Å². The van der Waals surface area contributed by atoms with Gasteiger partial charge in [-0.05, 0) is 80.0 Å². The molecule has 8 heteroatoms. The van der Waals surface area contributed by atoms with Gasteiger partial charge in [0.05, 0.1) is 31.6 Å². The molecule has 2 amide bonds. The van der Waals surface area contributed by atoms with Gasteiger partial charge in [0.15, 0.2) is 0 Å². The summed E-state index contributed by atoms with van der Waals surface area (Å²) in [4.78, 5) is 29.5. The second kappa shape index (κ2) is 10.6. The minimum absolute atomic E-state index is 0.0316. The number of likely N-dealkylation sites (tertiary alicyclic amines) is 1. The number of methoxy groups -OCH3 is 1. The van der Waals surface area contributed by atoms with E-state index >= 15 is 0 Å². The molecule has 0 N–H and O–H groups in total. The quantitative estimate of drug-likeness (QED) is 0.278. The third-order valence-corrected chi connectivity index (χ3v) is 7.91. The van der Waals surface area contributed by atoms with Crippen molar-refractivity contribution in [2.45, 2.75) is 58.2 Å². The van der Waals surface area contributed by atoms with E-state index in [1.54, 1.807) is 12.0 Å². The summed E-state index contributed by atoms with van der Waals surface area (Å²) in [5, 5.41) is 6.81. The maximum atomic E-state index is 13.4. The number of carbonyl (C=O) groups is 2. The highest BCUT2D eigenvalue weighted by Crippen LogP contribution is 2.40. The van der Waals surface area contributed by atoms with E-state index in [9.17, 15) is 9.59 Å². The van der Waals surface area contributed by atoms with Crippen molar-refractivity contribution in [1.82, 2.24) is 14.7 Å². The van der Waals surface area contributed by atoms with Crippen LogP contribution in [0.3, 0.4) is 0 Å². The molecule has 2 aliphatic rings. The van der Waals surface area contributed by atoms with Crippen LogP contribution in [0, 0.1) is 0 Å². The average molecular weight is 553 g/mol. The highest BCUT2D eigenvalue weighted by molar-refractivity contribution is 6.25. The summed E-state index contributed by atoms with van der Waals surface area (Å²) >= 11 is 0. The number of benzene rings is 3. The molecule has 0 saturated carbocycles. The topological polar surface area (TPSA) is 76.9 Å². The van der Waals surface area contributed by atoms with Crippen LogP contribution >= 0.6 is 0 Å². The fraction of sp³-hybridized carbons (Fsp3) is 0.364. The lowest BCUT2D eigenvalue weighted by molar-refractivity contribution is 0.0184. The van der Waals surface area contributed by atoms with Crippen molar-refractivity contribution < 1.29 is 19.1 Å². The smallest absolute Gasteiger partial charge is 0.410 e. The summed E-state index contributed by atoms with van der Waals surface area (Å²) in [6.45, 7) is 7.49. The number of nitrogens with zero attached hydrogens (tertiary/aromatic N) is 4. The zero-order valence-corrected chi connectivity index (χ0v) is 24.1. The van der Waals surface area contributed by atoms with Crippen LogP contribution in [0.15, 0.2) is 67.0 Å². The van der Waals surface area contributed by atoms with Gasteiger partial charge in [0, 0.05) is 36.7 Å². The number of hydrogen-bond acceptors (Lipinski definition) is 5. The lowest BCUT2D eigenvalue weighted by Crippen LogP contribution is -2.42. The Morgan fingerprint density at radius 2 is 1.76 bits per heavy atom. The summed E-state index contributed by atoms with van der Waals surface area (Å²) in [5.74, 6) is 0.829. The van der Waals surface area contributed by atoms with Crippen LogP contribution < -0.4 is 9.64 Å². The van der Waals surface area contributed by atoms with Gasteiger partial charge in [-0.15, -0.1) is 0 Å². The van der Waals surface area contributed by atoms with Crippen molar-refractivity contribution in [3.63, 3.8) is 0 Å². The van der Waals surface area contributed by atoms with Crippen LogP contribution in [0.5, 0.6) is 5.75 Å². The molecule has 0 radical (unpaired) electrons. The molecule has 0 bridgehead atoms. The van der Waals surface area contributed by atoms with Gasteiger partial charge in [-0.25, -0.2) is 4.79 Å². The van der Waals surface area contributed by atoms with E-state index in [0.29, 0.717) is 19.6 Å². The monoisotopic (exact) mass is 552 g/mol. The molecule has 4 aromatic rings. The van der Waals surface area contributed by atoms with E-state index in [1.807, 2.05) is 72.9 Å². The van der Waals surface area contributed by atoms with E-state index in [1.165, 1.54) is 5.56 Å². The largest absolute Gasteiger partial charge is 0.497 e. The standard InChI is InChI=1S/C33H36N4O4/c1-33(2,3)41-32(39)35-16-14-25(15-17-35)37-21-23(19-34-37)18-24-10-13-29-30-27(24)6-5-7-28(30)31(38)36(29)20-22-8-11-26(40-4)12-9-22/h5-13,19,21,25H,14-18,20H2,1-4H3.